The first kappa shape index (κ1) is 17.8. The second kappa shape index (κ2) is 7.59. The fourth-order valence-electron chi connectivity index (χ4n) is 2.63. The average molecular weight is 382 g/mol. The Bertz CT molecular complexity index is 1040. The number of ether oxygens (including phenoxy) is 2. The number of hydrogen-bond donors (Lipinski definition) is 1. The number of nitrogens with one attached hydrogen (secondary N) is 1. The van der Waals surface area contributed by atoms with Gasteiger partial charge in [-0.15, -0.1) is 5.10 Å². The molecule has 0 spiro atoms. The van der Waals surface area contributed by atoms with E-state index >= 15 is 0 Å². The minimum Gasteiger partial charge on any atom is -0.491 e. The van der Waals surface area contributed by atoms with Crippen LogP contribution in [-0.4, -0.2) is 49.4 Å². The van der Waals surface area contributed by atoms with Crippen molar-refractivity contribution in [2.45, 2.75) is 19.8 Å². The summed E-state index contributed by atoms with van der Waals surface area (Å²) >= 11 is 0. The minimum absolute atomic E-state index is 0.143. The fraction of sp³-hybridized carbons (Fsp3) is 0.333. The van der Waals surface area contributed by atoms with Crippen molar-refractivity contribution in [3.05, 3.63) is 46.6 Å². The molecule has 0 aliphatic heterocycles. The largest absolute Gasteiger partial charge is 0.491 e. The lowest BCUT2D eigenvalue weighted by Crippen LogP contribution is -2.21. The third-order valence-electron chi connectivity index (χ3n) is 4.29. The number of aromatic amines is 1. The zero-order chi connectivity index (χ0) is 19.5. The molecule has 1 aliphatic carbocycles. The Kier molecular flexibility index (Phi) is 4.83. The molecule has 0 amide bonds. The number of aromatic nitrogens is 6. The molecule has 0 saturated heterocycles. The van der Waals surface area contributed by atoms with Crippen molar-refractivity contribution < 1.29 is 14.3 Å². The number of carbonyl (C=O) groups excluding carboxylic acids is 1. The predicted molar refractivity (Wildman–Crippen MR) is 97.2 cm³/mol. The van der Waals surface area contributed by atoms with Crippen LogP contribution >= 0.6 is 0 Å². The Morgan fingerprint density at radius 2 is 2.21 bits per heavy atom. The fourth-order valence-corrected chi connectivity index (χ4v) is 2.63. The van der Waals surface area contributed by atoms with Gasteiger partial charge in [-0.25, -0.2) is 9.78 Å². The van der Waals surface area contributed by atoms with Crippen LogP contribution in [0.1, 0.15) is 30.1 Å². The number of rotatable bonds is 7. The topological polar surface area (TPSA) is 125 Å². The van der Waals surface area contributed by atoms with Crippen LogP contribution in [0.5, 0.6) is 5.75 Å². The van der Waals surface area contributed by atoms with Gasteiger partial charge in [-0.2, -0.15) is 4.68 Å². The van der Waals surface area contributed by atoms with Gasteiger partial charge in [0, 0.05) is 11.8 Å². The van der Waals surface area contributed by atoms with Crippen LogP contribution < -0.4 is 10.3 Å². The zero-order valence-corrected chi connectivity index (χ0v) is 15.2. The van der Waals surface area contributed by atoms with Crippen molar-refractivity contribution in [2.75, 3.05) is 13.2 Å². The summed E-state index contributed by atoms with van der Waals surface area (Å²) in [5, 5.41) is 11.3. The van der Waals surface area contributed by atoms with Crippen molar-refractivity contribution >= 4 is 5.97 Å². The van der Waals surface area contributed by atoms with Crippen molar-refractivity contribution in [3.63, 3.8) is 0 Å². The van der Waals surface area contributed by atoms with Gasteiger partial charge in [0.1, 0.15) is 29.2 Å². The van der Waals surface area contributed by atoms with E-state index in [1.807, 2.05) is 0 Å². The van der Waals surface area contributed by atoms with Crippen LogP contribution in [0.15, 0.2) is 35.5 Å². The normalized spacial score (nSPS) is 13.3. The Balaban J connectivity index is 1.68. The summed E-state index contributed by atoms with van der Waals surface area (Å²) in [7, 11) is 0. The number of carbonyl (C=O) groups is 1. The first-order valence-electron chi connectivity index (χ1n) is 8.92. The van der Waals surface area contributed by atoms with E-state index in [0.29, 0.717) is 35.3 Å². The molecule has 3 aromatic rings. The highest BCUT2D eigenvalue weighted by Crippen LogP contribution is 2.32. The third-order valence-corrected chi connectivity index (χ3v) is 4.29. The zero-order valence-electron chi connectivity index (χ0n) is 15.2. The lowest BCUT2D eigenvalue weighted by Gasteiger charge is -2.12. The van der Waals surface area contributed by atoms with Gasteiger partial charge in [0.2, 0.25) is 0 Å². The van der Waals surface area contributed by atoms with Crippen molar-refractivity contribution in [1.29, 1.82) is 0 Å². The molecular formula is C18H18N6O4. The molecule has 28 heavy (non-hydrogen) atoms. The maximum Gasteiger partial charge on any atom is 0.345 e. The molecule has 1 aromatic carbocycles. The molecule has 1 aliphatic rings. The molecule has 10 heteroatoms. The molecule has 2 aromatic heterocycles. The van der Waals surface area contributed by atoms with E-state index in [1.165, 1.54) is 30.0 Å². The van der Waals surface area contributed by atoms with E-state index in [0.717, 1.165) is 0 Å². The minimum atomic E-state index is -0.707. The average Bonchev–Trinajstić information content (AvgIpc) is 3.37. The van der Waals surface area contributed by atoms with Gasteiger partial charge >= 0.3 is 5.97 Å². The first-order valence-corrected chi connectivity index (χ1v) is 8.92. The molecule has 0 unspecified atom stereocenters. The highest BCUT2D eigenvalue weighted by molar-refractivity contribution is 5.88. The first-order chi connectivity index (χ1) is 13.7. The maximum absolute atomic E-state index is 12.2. The molecule has 144 valence electrons. The van der Waals surface area contributed by atoms with E-state index in [2.05, 4.69) is 25.5 Å². The van der Waals surface area contributed by atoms with Crippen LogP contribution in [-0.2, 0) is 4.74 Å². The Morgan fingerprint density at radius 1 is 1.36 bits per heavy atom. The van der Waals surface area contributed by atoms with Gasteiger partial charge in [0.05, 0.1) is 13.2 Å². The highest BCUT2D eigenvalue weighted by Gasteiger charge is 2.23. The monoisotopic (exact) mass is 382 g/mol. The molecule has 0 radical (unpaired) electrons. The summed E-state index contributed by atoms with van der Waals surface area (Å²) in [5.41, 5.74) is 0.536. The molecule has 4 rings (SSSR count). The molecule has 1 saturated carbocycles. The van der Waals surface area contributed by atoms with Crippen LogP contribution in [0.25, 0.3) is 17.1 Å². The van der Waals surface area contributed by atoms with Crippen LogP contribution in [0.2, 0.25) is 0 Å². The predicted octanol–water partition coefficient (Wildman–Crippen LogP) is 1.38. The van der Waals surface area contributed by atoms with Gasteiger partial charge < -0.3 is 14.5 Å². The lowest BCUT2D eigenvalue weighted by molar-refractivity contribution is 0.0523. The quantitative estimate of drug-likeness (QED) is 0.608. The summed E-state index contributed by atoms with van der Waals surface area (Å²) < 4.78 is 12.2. The molecule has 2 heterocycles. The molecule has 1 fully saturated rings. The van der Waals surface area contributed by atoms with Gasteiger partial charge in [0.15, 0.2) is 0 Å². The number of nitrogens with zero attached hydrogens (tertiary/aromatic N) is 5. The number of esters is 1. The van der Waals surface area contributed by atoms with E-state index in [-0.39, 0.29) is 12.2 Å². The van der Waals surface area contributed by atoms with Gasteiger partial charge in [-0.1, -0.05) is 0 Å². The number of hydrogen-bond acceptors (Lipinski definition) is 8. The van der Waals surface area contributed by atoms with Gasteiger partial charge in [0.25, 0.3) is 5.56 Å². The number of benzene rings is 1. The SMILES string of the molecule is CCOC(=O)c1cnc(-c2ccc(OCC3CC3)c(-n3cnnn3)c2)[nH]c1=O. The Labute approximate surface area is 159 Å². The molecule has 0 bridgehead atoms. The summed E-state index contributed by atoms with van der Waals surface area (Å²) in [4.78, 5) is 30.8. The van der Waals surface area contributed by atoms with Crippen LogP contribution in [0.4, 0.5) is 0 Å². The number of H-pyrrole nitrogens is 1. The molecule has 10 nitrogen and oxygen atoms in total. The summed E-state index contributed by atoms with van der Waals surface area (Å²) in [5.74, 6) is 0.824. The second-order valence-corrected chi connectivity index (χ2v) is 6.39. The molecule has 1 N–H and O–H groups in total. The third kappa shape index (κ3) is 3.75. The molecule has 0 atom stereocenters. The summed E-state index contributed by atoms with van der Waals surface area (Å²) in [6.45, 7) is 2.48. The van der Waals surface area contributed by atoms with Gasteiger partial charge in [-0.3, -0.25) is 4.79 Å². The van der Waals surface area contributed by atoms with Crippen molar-refractivity contribution in [1.82, 2.24) is 30.2 Å². The van der Waals surface area contributed by atoms with Crippen molar-refractivity contribution in [2.24, 2.45) is 5.92 Å². The van der Waals surface area contributed by atoms with Gasteiger partial charge in [-0.05, 0) is 54.3 Å². The maximum atomic E-state index is 12.2. The van der Waals surface area contributed by atoms with Crippen LogP contribution in [0.3, 0.4) is 0 Å². The Morgan fingerprint density at radius 3 is 2.89 bits per heavy atom. The van der Waals surface area contributed by atoms with Crippen molar-refractivity contribution in [3.8, 4) is 22.8 Å². The summed E-state index contributed by atoms with van der Waals surface area (Å²) in [6, 6.07) is 5.33. The van der Waals surface area contributed by atoms with E-state index in [1.54, 1.807) is 25.1 Å². The highest BCUT2D eigenvalue weighted by atomic mass is 16.5. The van der Waals surface area contributed by atoms with E-state index in [9.17, 15) is 9.59 Å². The standard InChI is InChI=1S/C18H18N6O4/c1-2-27-18(26)13-8-19-16(21-17(13)25)12-5-6-15(28-9-11-3-4-11)14(7-12)24-10-20-22-23-24/h5-8,10-11H,2-4,9H2,1H3,(H,19,21,25). The summed E-state index contributed by atoms with van der Waals surface area (Å²) in [6.07, 6.45) is 5.02. The lowest BCUT2D eigenvalue weighted by atomic mass is 10.1. The van der Waals surface area contributed by atoms with Crippen LogP contribution in [0, 0.1) is 5.92 Å². The second-order valence-electron chi connectivity index (χ2n) is 6.39. The smallest absolute Gasteiger partial charge is 0.345 e. The van der Waals surface area contributed by atoms with E-state index in [4.69, 9.17) is 9.47 Å². The molecular weight excluding hydrogens is 364 g/mol. The Hall–Kier alpha value is -3.56. The number of tetrazole rings is 1. The van der Waals surface area contributed by atoms with E-state index < -0.39 is 11.5 Å².